The highest BCUT2D eigenvalue weighted by molar-refractivity contribution is 9.10. The topological polar surface area (TPSA) is 42.0 Å². The molecule has 0 saturated carbocycles. The Hall–Kier alpha value is -1.75. The van der Waals surface area contributed by atoms with E-state index in [4.69, 9.17) is 0 Å². The van der Waals surface area contributed by atoms with E-state index in [1.165, 1.54) is 12.1 Å². The standard InChI is InChI=1S/C13H10BrFN2O/c14-12-6-5-11(8-16-12)17-13(18)7-9-1-3-10(15)4-2-9/h1-6,8H,7H2,(H,17,18). The van der Waals surface area contributed by atoms with Gasteiger partial charge in [-0.25, -0.2) is 9.37 Å². The lowest BCUT2D eigenvalue weighted by Gasteiger charge is -2.05. The summed E-state index contributed by atoms with van der Waals surface area (Å²) in [5.41, 5.74) is 1.39. The van der Waals surface area contributed by atoms with Crippen LogP contribution in [0.4, 0.5) is 10.1 Å². The Morgan fingerprint density at radius 3 is 2.56 bits per heavy atom. The molecule has 0 atom stereocenters. The zero-order valence-electron chi connectivity index (χ0n) is 9.36. The maximum Gasteiger partial charge on any atom is 0.228 e. The van der Waals surface area contributed by atoms with Crippen LogP contribution in [-0.4, -0.2) is 10.9 Å². The van der Waals surface area contributed by atoms with Crippen LogP contribution in [0, 0.1) is 5.82 Å². The molecule has 2 rings (SSSR count). The van der Waals surface area contributed by atoms with Crippen LogP contribution in [0.1, 0.15) is 5.56 Å². The number of carbonyl (C=O) groups is 1. The van der Waals surface area contributed by atoms with Gasteiger partial charge in [-0.15, -0.1) is 0 Å². The molecule has 1 aromatic carbocycles. The van der Waals surface area contributed by atoms with Crippen molar-refractivity contribution in [3.05, 3.63) is 58.6 Å². The van der Waals surface area contributed by atoms with Crippen molar-refractivity contribution in [1.29, 1.82) is 0 Å². The fourth-order valence-electron chi connectivity index (χ4n) is 1.44. The highest BCUT2D eigenvalue weighted by atomic mass is 79.9. The van der Waals surface area contributed by atoms with Gasteiger partial charge in [0.25, 0.3) is 0 Å². The van der Waals surface area contributed by atoms with Crippen LogP contribution >= 0.6 is 15.9 Å². The van der Waals surface area contributed by atoms with Gasteiger partial charge in [0.2, 0.25) is 5.91 Å². The van der Waals surface area contributed by atoms with Crippen molar-refractivity contribution in [2.75, 3.05) is 5.32 Å². The van der Waals surface area contributed by atoms with Crippen molar-refractivity contribution in [3.63, 3.8) is 0 Å². The molecule has 0 aliphatic carbocycles. The van der Waals surface area contributed by atoms with Crippen LogP contribution in [-0.2, 0) is 11.2 Å². The van der Waals surface area contributed by atoms with Gasteiger partial charge >= 0.3 is 0 Å². The van der Waals surface area contributed by atoms with Crippen LogP contribution in [0.3, 0.4) is 0 Å². The molecule has 18 heavy (non-hydrogen) atoms. The molecule has 5 heteroatoms. The Kier molecular flexibility index (Phi) is 4.04. The molecule has 0 saturated heterocycles. The summed E-state index contributed by atoms with van der Waals surface area (Å²) in [6.07, 6.45) is 1.77. The molecule has 0 unspecified atom stereocenters. The van der Waals surface area contributed by atoms with Crippen LogP contribution in [0.5, 0.6) is 0 Å². The van der Waals surface area contributed by atoms with Gasteiger partial charge in [-0.05, 0) is 45.8 Å². The number of carbonyl (C=O) groups excluding carboxylic acids is 1. The molecule has 0 bridgehead atoms. The van der Waals surface area contributed by atoms with E-state index in [0.717, 1.165) is 5.56 Å². The van der Waals surface area contributed by atoms with E-state index in [0.29, 0.717) is 10.3 Å². The lowest BCUT2D eigenvalue weighted by atomic mass is 10.1. The lowest BCUT2D eigenvalue weighted by Crippen LogP contribution is -2.14. The predicted molar refractivity (Wildman–Crippen MR) is 70.7 cm³/mol. The number of nitrogens with zero attached hydrogens (tertiary/aromatic N) is 1. The van der Waals surface area contributed by atoms with Gasteiger partial charge in [0, 0.05) is 0 Å². The second-order valence-electron chi connectivity index (χ2n) is 3.72. The van der Waals surface area contributed by atoms with Gasteiger partial charge in [0.1, 0.15) is 10.4 Å². The summed E-state index contributed by atoms with van der Waals surface area (Å²) in [6.45, 7) is 0. The van der Waals surface area contributed by atoms with Crippen LogP contribution < -0.4 is 5.32 Å². The zero-order chi connectivity index (χ0) is 13.0. The van der Waals surface area contributed by atoms with Gasteiger partial charge in [-0.1, -0.05) is 12.1 Å². The molecule has 3 nitrogen and oxygen atoms in total. The number of hydrogen-bond donors (Lipinski definition) is 1. The SMILES string of the molecule is O=C(Cc1ccc(F)cc1)Nc1ccc(Br)nc1. The molecular weight excluding hydrogens is 299 g/mol. The van der Waals surface area contributed by atoms with E-state index in [2.05, 4.69) is 26.2 Å². The number of amides is 1. The Balaban J connectivity index is 1.96. The molecule has 1 amide bonds. The molecule has 1 N–H and O–H groups in total. The molecule has 1 aromatic heterocycles. The van der Waals surface area contributed by atoms with Crippen LogP contribution in [0.25, 0.3) is 0 Å². The number of nitrogens with one attached hydrogen (secondary N) is 1. The average Bonchev–Trinajstić information content (AvgIpc) is 2.35. The molecular formula is C13H10BrFN2O. The Labute approximate surface area is 112 Å². The summed E-state index contributed by atoms with van der Waals surface area (Å²) >= 11 is 3.21. The van der Waals surface area contributed by atoms with Crippen molar-refractivity contribution in [1.82, 2.24) is 4.98 Å². The predicted octanol–water partition coefficient (Wildman–Crippen LogP) is 3.16. The first-order valence-corrected chi connectivity index (χ1v) is 6.08. The maximum absolute atomic E-state index is 12.7. The van der Waals surface area contributed by atoms with E-state index in [1.807, 2.05) is 0 Å². The summed E-state index contributed by atoms with van der Waals surface area (Å²) in [5.74, 6) is -0.470. The van der Waals surface area contributed by atoms with Crippen molar-refractivity contribution in [3.8, 4) is 0 Å². The maximum atomic E-state index is 12.7. The molecule has 1 heterocycles. The number of rotatable bonds is 3. The zero-order valence-corrected chi connectivity index (χ0v) is 10.9. The second kappa shape index (κ2) is 5.73. The third-order valence-electron chi connectivity index (χ3n) is 2.29. The fourth-order valence-corrected chi connectivity index (χ4v) is 1.68. The third-order valence-corrected chi connectivity index (χ3v) is 2.76. The summed E-state index contributed by atoms with van der Waals surface area (Å²) in [7, 11) is 0. The molecule has 0 spiro atoms. The number of pyridine rings is 1. The van der Waals surface area contributed by atoms with Gasteiger partial charge in [0.05, 0.1) is 18.3 Å². The van der Waals surface area contributed by atoms with E-state index >= 15 is 0 Å². The number of anilines is 1. The van der Waals surface area contributed by atoms with E-state index in [1.54, 1.807) is 30.5 Å². The number of aromatic nitrogens is 1. The minimum Gasteiger partial charge on any atom is -0.324 e. The summed E-state index contributed by atoms with van der Waals surface area (Å²) < 4.78 is 13.4. The third kappa shape index (κ3) is 3.63. The average molecular weight is 309 g/mol. The number of hydrogen-bond acceptors (Lipinski definition) is 2. The van der Waals surface area contributed by atoms with Gasteiger partial charge in [-0.2, -0.15) is 0 Å². The quantitative estimate of drug-likeness (QED) is 0.885. The first-order valence-electron chi connectivity index (χ1n) is 5.29. The number of benzene rings is 1. The highest BCUT2D eigenvalue weighted by Gasteiger charge is 2.04. The van der Waals surface area contributed by atoms with Crippen LogP contribution in [0.2, 0.25) is 0 Å². The molecule has 0 fully saturated rings. The van der Waals surface area contributed by atoms with E-state index in [9.17, 15) is 9.18 Å². The smallest absolute Gasteiger partial charge is 0.228 e. The van der Waals surface area contributed by atoms with Crippen molar-refractivity contribution < 1.29 is 9.18 Å². The first-order chi connectivity index (χ1) is 8.63. The molecule has 2 aromatic rings. The monoisotopic (exact) mass is 308 g/mol. The van der Waals surface area contributed by atoms with Crippen LogP contribution in [0.15, 0.2) is 47.2 Å². The summed E-state index contributed by atoms with van der Waals surface area (Å²) in [4.78, 5) is 15.7. The van der Waals surface area contributed by atoms with Crippen molar-refractivity contribution in [2.45, 2.75) is 6.42 Å². The fraction of sp³-hybridized carbons (Fsp3) is 0.0769. The molecule has 0 aliphatic rings. The Bertz CT molecular complexity index is 490. The minimum atomic E-state index is -0.309. The van der Waals surface area contributed by atoms with Gasteiger partial charge in [0.15, 0.2) is 0 Å². The minimum absolute atomic E-state index is 0.161. The van der Waals surface area contributed by atoms with Gasteiger partial charge < -0.3 is 5.32 Å². The highest BCUT2D eigenvalue weighted by Crippen LogP contribution is 2.11. The lowest BCUT2D eigenvalue weighted by molar-refractivity contribution is -0.115. The van der Waals surface area contributed by atoms with E-state index in [-0.39, 0.29) is 18.1 Å². The van der Waals surface area contributed by atoms with Crippen molar-refractivity contribution in [2.24, 2.45) is 0 Å². The number of halogens is 2. The summed E-state index contributed by atoms with van der Waals surface area (Å²) in [6, 6.07) is 9.35. The van der Waals surface area contributed by atoms with Gasteiger partial charge in [-0.3, -0.25) is 4.79 Å². The summed E-state index contributed by atoms with van der Waals surface area (Å²) in [5, 5.41) is 2.72. The molecule has 0 radical (unpaired) electrons. The Morgan fingerprint density at radius 1 is 1.22 bits per heavy atom. The molecule has 92 valence electrons. The van der Waals surface area contributed by atoms with Crippen molar-refractivity contribution >= 4 is 27.5 Å². The van der Waals surface area contributed by atoms with E-state index < -0.39 is 0 Å². The molecule has 0 aliphatic heterocycles. The largest absolute Gasteiger partial charge is 0.324 e. The Morgan fingerprint density at radius 2 is 1.94 bits per heavy atom. The normalized spacial score (nSPS) is 10.1. The second-order valence-corrected chi connectivity index (χ2v) is 4.53. The first kappa shape index (κ1) is 12.7.